The summed E-state index contributed by atoms with van der Waals surface area (Å²) in [5, 5.41) is 24.1. The number of hydrogen-bond donors (Lipinski definition) is 3. The lowest BCUT2D eigenvalue weighted by atomic mass is 10.1. The van der Waals surface area contributed by atoms with E-state index in [2.05, 4.69) is 44.5 Å². The molecule has 2 heterocycles. The molecule has 0 amide bonds. The molecule has 0 fully saturated rings. The van der Waals surface area contributed by atoms with Gasteiger partial charge in [-0.15, -0.1) is 0 Å². The molecule has 0 spiro atoms. The van der Waals surface area contributed by atoms with Crippen LogP contribution in [-0.4, -0.2) is 87.9 Å². The van der Waals surface area contributed by atoms with Gasteiger partial charge in [0.05, 0.1) is 29.6 Å². The number of pyridine rings is 1. The first kappa shape index (κ1) is 26.6. The van der Waals surface area contributed by atoms with Gasteiger partial charge in [0.1, 0.15) is 0 Å². The molecule has 1 aliphatic rings. The first-order chi connectivity index (χ1) is 16.0. The average molecular weight is 474 g/mol. The number of aliphatic imine (C=N–C) groups is 1. The van der Waals surface area contributed by atoms with E-state index in [4.69, 9.17) is 0 Å². The molecular weight excluding hydrogens is 442 g/mol. The molecule has 9 nitrogen and oxygen atoms in total. The van der Waals surface area contributed by atoms with E-state index in [9.17, 15) is 19.8 Å². The van der Waals surface area contributed by atoms with Gasteiger partial charge in [-0.25, -0.2) is 4.99 Å². The third-order valence-electron chi connectivity index (χ3n) is 5.00. The van der Waals surface area contributed by atoms with E-state index in [1.54, 1.807) is 0 Å². The second kappa shape index (κ2) is 15.2. The van der Waals surface area contributed by atoms with E-state index >= 15 is 0 Å². The Morgan fingerprint density at radius 2 is 1.64 bits per heavy atom. The minimum absolute atomic E-state index is 0.0764. The number of nitrogens with zero attached hydrogens (tertiary/aromatic N) is 4. The second-order valence-electron chi connectivity index (χ2n) is 7.88. The summed E-state index contributed by atoms with van der Waals surface area (Å²) >= 11 is 4.55. The SMILES string of the molecule is O=C(O)CN1CCNCCN(CC(=O)O)Cc2cc(C#CCCCCCN=C=S)cc(n2)C1. The lowest BCUT2D eigenvalue weighted by molar-refractivity contribution is -0.139. The van der Waals surface area contributed by atoms with E-state index in [0.29, 0.717) is 45.8 Å². The number of carbonyl (C=O) groups is 2. The molecule has 0 radical (unpaired) electrons. The number of nitrogens with one attached hydrogen (secondary N) is 1. The van der Waals surface area contributed by atoms with Gasteiger partial charge in [0.25, 0.3) is 0 Å². The van der Waals surface area contributed by atoms with Crippen LogP contribution in [0.4, 0.5) is 0 Å². The van der Waals surface area contributed by atoms with E-state index in [1.807, 2.05) is 21.9 Å². The van der Waals surface area contributed by atoms with E-state index in [0.717, 1.165) is 42.6 Å². The smallest absolute Gasteiger partial charge is 0.317 e. The summed E-state index contributed by atoms with van der Waals surface area (Å²) in [7, 11) is 0. The molecule has 2 bridgehead atoms. The maximum atomic E-state index is 11.3. The third-order valence-corrected chi connectivity index (χ3v) is 5.13. The van der Waals surface area contributed by atoms with Crippen LogP contribution in [-0.2, 0) is 22.7 Å². The highest BCUT2D eigenvalue weighted by Gasteiger charge is 2.16. The number of rotatable bonds is 9. The Labute approximate surface area is 199 Å². The molecule has 0 saturated heterocycles. The zero-order valence-electron chi connectivity index (χ0n) is 18.8. The molecule has 10 heteroatoms. The maximum absolute atomic E-state index is 11.3. The van der Waals surface area contributed by atoms with E-state index in [1.165, 1.54) is 0 Å². The summed E-state index contributed by atoms with van der Waals surface area (Å²) in [6.45, 7) is 3.62. The lowest BCUT2D eigenvalue weighted by Gasteiger charge is -2.24. The monoisotopic (exact) mass is 473 g/mol. The number of isothiocyanates is 1. The van der Waals surface area contributed by atoms with Gasteiger partial charge in [0, 0.05) is 57.8 Å². The molecule has 33 heavy (non-hydrogen) atoms. The number of unbranched alkanes of at least 4 members (excludes halogenated alkanes) is 3. The molecule has 3 N–H and O–H groups in total. The molecule has 178 valence electrons. The van der Waals surface area contributed by atoms with Gasteiger partial charge in [-0.05, 0) is 37.2 Å². The molecule has 1 aromatic rings. The van der Waals surface area contributed by atoms with Gasteiger partial charge in [0.2, 0.25) is 0 Å². The number of fused-ring (bicyclic) bond motifs is 2. The fraction of sp³-hybridized carbons (Fsp3) is 0.565. The highest BCUT2D eigenvalue weighted by Crippen LogP contribution is 2.12. The molecule has 0 atom stereocenters. The van der Waals surface area contributed by atoms with Crippen molar-refractivity contribution in [2.24, 2.45) is 4.99 Å². The van der Waals surface area contributed by atoms with Crippen molar-refractivity contribution in [1.29, 1.82) is 0 Å². The highest BCUT2D eigenvalue weighted by molar-refractivity contribution is 7.78. The number of carboxylic acid groups (broad SMARTS) is 2. The molecule has 1 aliphatic heterocycles. The Bertz CT molecular complexity index is 862. The maximum Gasteiger partial charge on any atom is 0.317 e. The molecule has 2 rings (SSSR count). The van der Waals surface area contributed by atoms with Crippen LogP contribution in [0.25, 0.3) is 0 Å². The lowest BCUT2D eigenvalue weighted by Crippen LogP contribution is -2.40. The van der Waals surface area contributed by atoms with Crippen LogP contribution in [0.15, 0.2) is 17.1 Å². The quantitative estimate of drug-likeness (QED) is 0.212. The summed E-state index contributed by atoms with van der Waals surface area (Å²) in [5.41, 5.74) is 2.26. The van der Waals surface area contributed by atoms with Gasteiger partial charge >= 0.3 is 11.9 Å². The fourth-order valence-electron chi connectivity index (χ4n) is 3.54. The summed E-state index contributed by atoms with van der Waals surface area (Å²) in [4.78, 5) is 34.8. The van der Waals surface area contributed by atoms with Crippen LogP contribution in [0, 0.1) is 11.8 Å². The Morgan fingerprint density at radius 3 is 2.18 bits per heavy atom. The minimum atomic E-state index is -0.887. The van der Waals surface area contributed by atoms with Gasteiger partial charge in [-0.3, -0.25) is 24.4 Å². The zero-order chi connectivity index (χ0) is 23.9. The topological polar surface area (TPSA) is 118 Å². The second-order valence-corrected chi connectivity index (χ2v) is 8.07. The Kier molecular flexibility index (Phi) is 12.3. The van der Waals surface area contributed by atoms with Crippen LogP contribution in [0.3, 0.4) is 0 Å². The van der Waals surface area contributed by atoms with E-state index < -0.39 is 11.9 Å². The first-order valence-electron chi connectivity index (χ1n) is 11.1. The van der Waals surface area contributed by atoms with Crippen molar-refractivity contribution < 1.29 is 19.8 Å². The van der Waals surface area contributed by atoms with Crippen molar-refractivity contribution in [3.05, 3.63) is 29.1 Å². The average Bonchev–Trinajstić information content (AvgIpc) is 2.73. The van der Waals surface area contributed by atoms with Gasteiger partial charge < -0.3 is 15.5 Å². The summed E-state index contributed by atoms with van der Waals surface area (Å²) in [6.07, 6.45) is 3.71. The van der Waals surface area contributed by atoms with Crippen molar-refractivity contribution in [3.63, 3.8) is 0 Å². The van der Waals surface area contributed by atoms with Gasteiger partial charge in [-0.1, -0.05) is 18.3 Å². The molecule has 0 saturated carbocycles. The van der Waals surface area contributed by atoms with Crippen LogP contribution < -0.4 is 5.32 Å². The predicted octanol–water partition coefficient (Wildman–Crippen LogP) is 1.47. The molecular formula is C23H31N5O4S. The Hall–Kier alpha value is -2.67. The summed E-state index contributed by atoms with van der Waals surface area (Å²) in [5.74, 6) is 4.62. The van der Waals surface area contributed by atoms with E-state index in [-0.39, 0.29) is 13.1 Å². The number of thiocarbonyl (C=S) groups is 1. The highest BCUT2D eigenvalue weighted by atomic mass is 32.1. The van der Waals surface area contributed by atoms with Crippen molar-refractivity contribution in [2.45, 2.75) is 38.8 Å². The summed E-state index contributed by atoms with van der Waals surface area (Å²) in [6, 6.07) is 3.78. The molecule has 0 unspecified atom stereocenters. The normalized spacial score (nSPS) is 15.3. The summed E-state index contributed by atoms with van der Waals surface area (Å²) < 4.78 is 0. The first-order valence-corrected chi connectivity index (χ1v) is 11.5. The van der Waals surface area contributed by atoms with Gasteiger partial charge in [0.15, 0.2) is 0 Å². The van der Waals surface area contributed by atoms with Crippen LogP contribution in [0.1, 0.15) is 42.6 Å². The van der Waals surface area contributed by atoms with Crippen LogP contribution in [0.2, 0.25) is 0 Å². The number of aliphatic carboxylic acids is 2. The third kappa shape index (κ3) is 11.7. The number of aromatic nitrogens is 1. The predicted molar refractivity (Wildman–Crippen MR) is 128 cm³/mol. The van der Waals surface area contributed by atoms with Crippen LogP contribution in [0.5, 0.6) is 0 Å². The molecule has 0 aliphatic carbocycles. The molecule has 1 aromatic heterocycles. The van der Waals surface area contributed by atoms with Gasteiger partial charge in [-0.2, -0.15) is 0 Å². The zero-order valence-corrected chi connectivity index (χ0v) is 19.6. The Balaban J connectivity index is 2.17. The standard InChI is InChI=1S/C23H31N5O4S/c29-22(30)16-27-10-8-24-9-11-28(17-23(31)32)15-21-13-19(12-20(14-27)26-21)6-4-2-1-3-5-7-25-18-33/h12-13,24H,1-3,5,7-11,14-17H2,(H,29,30)(H,31,32). The Morgan fingerprint density at radius 1 is 1.03 bits per heavy atom. The largest absolute Gasteiger partial charge is 0.480 e. The fourth-order valence-corrected chi connectivity index (χ4v) is 3.63. The van der Waals surface area contributed by atoms with Crippen molar-refractivity contribution in [2.75, 3.05) is 45.8 Å². The van der Waals surface area contributed by atoms with Crippen molar-refractivity contribution >= 4 is 29.3 Å². The van der Waals surface area contributed by atoms with Crippen LogP contribution >= 0.6 is 12.2 Å². The van der Waals surface area contributed by atoms with Crippen molar-refractivity contribution in [3.8, 4) is 11.8 Å². The number of hydrogen-bond acceptors (Lipinski definition) is 8. The molecule has 0 aromatic carbocycles. The minimum Gasteiger partial charge on any atom is -0.480 e. The van der Waals surface area contributed by atoms with Crippen molar-refractivity contribution in [1.82, 2.24) is 20.1 Å². The number of carboxylic acids is 2.